The normalized spacial score (nSPS) is 20.6. The van der Waals surface area contributed by atoms with Gasteiger partial charge in [0.15, 0.2) is 0 Å². The third kappa shape index (κ3) is 4.92. The number of hydrogen-bond acceptors (Lipinski definition) is 4. The molecular formula is C13H28N4O. The van der Waals surface area contributed by atoms with Crippen molar-refractivity contribution in [1.82, 2.24) is 14.7 Å². The van der Waals surface area contributed by atoms with Gasteiger partial charge in [-0.2, -0.15) is 0 Å². The van der Waals surface area contributed by atoms with Gasteiger partial charge < -0.3 is 20.4 Å². The van der Waals surface area contributed by atoms with Crippen molar-refractivity contribution in [3.8, 4) is 0 Å². The first-order valence-electron chi connectivity index (χ1n) is 6.87. The van der Waals surface area contributed by atoms with Gasteiger partial charge in [-0.1, -0.05) is 0 Å². The Bertz CT molecular complexity index is 257. The molecule has 1 unspecified atom stereocenters. The maximum Gasteiger partial charge on any atom is 0.223 e. The highest BCUT2D eigenvalue weighted by Crippen LogP contribution is 2.13. The van der Waals surface area contributed by atoms with Crippen LogP contribution in [-0.4, -0.2) is 80.5 Å². The Hall–Kier alpha value is -0.650. The van der Waals surface area contributed by atoms with Crippen LogP contribution in [0.3, 0.4) is 0 Å². The van der Waals surface area contributed by atoms with Gasteiger partial charge >= 0.3 is 0 Å². The number of likely N-dealkylation sites (tertiary alicyclic amines) is 1. The number of amides is 1. The van der Waals surface area contributed by atoms with Crippen LogP contribution in [0.25, 0.3) is 0 Å². The SMILES string of the molecule is CN(CCCN)C(=O)CCN1CCC(N(C)C)C1. The van der Waals surface area contributed by atoms with Crippen LogP contribution in [0.2, 0.25) is 0 Å². The molecule has 1 aliphatic heterocycles. The third-order valence-electron chi connectivity index (χ3n) is 3.74. The van der Waals surface area contributed by atoms with Gasteiger partial charge in [0.2, 0.25) is 5.91 Å². The van der Waals surface area contributed by atoms with Crippen LogP contribution in [0, 0.1) is 0 Å². The highest BCUT2D eigenvalue weighted by Gasteiger charge is 2.24. The number of carbonyl (C=O) groups excluding carboxylic acids is 1. The van der Waals surface area contributed by atoms with Crippen molar-refractivity contribution >= 4 is 5.91 Å². The lowest BCUT2D eigenvalue weighted by atomic mass is 10.2. The summed E-state index contributed by atoms with van der Waals surface area (Å²) in [5.41, 5.74) is 5.44. The predicted molar refractivity (Wildman–Crippen MR) is 74.5 cm³/mol. The molecule has 1 aliphatic rings. The van der Waals surface area contributed by atoms with Crippen molar-refractivity contribution in [1.29, 1.82) is 0 Å². The van der Waals surface area contributed by atoms with Gasteiger partial charge in [0.05, 0.1) is 0 Å². The standard InChI is InChI=1S/C13H28N4O/c1-15(2)12-5-9-17(11-12)10-6-13(18)16(3)8-4-7-14/h12H,4-11,14H2,1-3H3. The van der Waals surface area contributed by atoms with E-state index in [0.29, 0.717) is 19.0 Å². The highest BCUT2D eigenvalue weighted by molar-refractivity contribution is 5.76. The quantitative estimate of drug-likeness (QED) is 0.686. The van der Waals surface area contributed by atoms with Crippen molar-refractivity contribution in [3.63, 3.8) is 0 Å². The second-order valence-electron chi connectivity index (χ2n) is 5.41. The molecule has 18 heavy (non-hydrogen) atoms. The lowest BCUT2D eigenvalue weighted by Gasteiger charge is -2.21. The Morgan fingerprint density at radius 1 is 1.39 bits per heavy atom. The first-order valence-corrected chi connectivity index (χ1v) is 6.87. The first-order chi connectivity index (χ1) is 8.54. The summed E-state index contributed by atoms with van der Waals surface area (Å²) in [5, 5.41) is 0. The summed E-state index contributed by atoms with van der Waals surface area (Å²) in [7, 11) is 6.12. The van der Waals surface area contributed by atoms with Crippen molar-refractivity contribution < 1.29 is 4.79 Å². The minimum absolute atomic E-state index is 0.233. The van der Waals surface area contributed by atoms with Gasteiger partial charge in [0.1, 0.15) is 0 Å². The molecule has 0 aromatic heterocycles. The van der Waals surface area contributed by atoms with Crippen LogP contribution in [-0.2, 0) is 4.79 Å². The van der Waals surface area contributed by atoms with Crippen LogP contribution >= 0.6 is 0 Å². The molecule has 0 aliphatic carbocycles. The average molecular weight is 256 g/mol. The minimum atomic E-state index is 0.233. The zero-order valence-corrected chi connectivity index (χ0v) is 12.1. The van der Waals surface area contributed by atoms with E-state index in [-0.39, 0.29) is 5.91 Å². The molecule has 2 N–H and O–H groups in total. The Morgan fingerprint density at radius 3 is 2.67 bits per heavy atom. The van der Waals surface area contributed by atoms with Gasteiger partial charge in [-0.25, -0.2) is 0 Å². The third-order valence-corrected chi connectivity index (χ3v) is 3.74. The van der Waals surface area contributed by atoms with Gasteiger partial charge in [-0.15, -0.1) is 0 Å². The van der Waals surface area contributed by atoms with Crippen molar-refractivity contribution in [3.05, 3.63) is 0 Å². The molecule has 0 aromatic rings. The van der Waals surface area contributed by atoms with Gasteiger partial charge in [0.25, 0.3) is 0 Å². The van der Waals surface area contributed by atoms with Crippen LogP contribution < -0.4 is 5.73 Å². The van der Waals surface area contributed by atoms with Crippen LogP contribution in [0.1, 0.15) is 19.3 Å². The van der Waals surface area contributed by atoms with E-state index in [2.05, 4.69) is 23.9 Å². The molecule has 1 rings (SSSR count). The molecule has 1 fully saturated rings. The fraction of sp³-hybridized carbons (Fsp3) is 0.923. The summed E-state index contributed by atoms with van der Waals surface area (Å²) >= 11 is 0. The van der Waals surface area contributed by atoms with Crippen LogP contribution in [0.5, 0.6) is 0 Å². The Balaban J connectivity index is 2.19. The maximum atomic E-state index is 11.9. The molecule has 106 valence electrons. The van der Waals surface area contributed by atoms with Crippen molar-refractivity contribution in [2.45, 2.75) is 25.3 Å². The maximum absolute atomic E-state index is 11.9. The zero-order valence-electron chi connectivity index (χ0n) is 12.1. The predicted octanol–water partition coefficient (Wildman–Crippen LogP) is -0.180. The monoisotopic (exact) mass is 256 g/mol. The molecule has 1 amide bonds. The van der Waals surface area contributed by atoms with Crippen LogP contribution in [0.15, 0.2) is 0 Å². The number of rotatable bonds is 7. The summed E-state index contributed by atoms with van der Waals surface area (Å²) < 4.78 is 0. The van der Waals surface area contributed by atoms with E-state index in [4.69, 9.17) is 5.73 Å². The second-order valence-corrected chi connectivity index (χ2v) is 5.41. The summed E-state index contributed by atoms with van der Waals surface area (Å²) in [4.78, 5) is 18.3. The largest absolute Gasteiger partial charge is 0.346 e. The molecule has 0 spiro atoms. The smallest absolute Gasteiger partial charge is 0.223 e. The van der Waals surface area contributed by atoms with Crippen molar-refractivity contribution in [2.75, 3.05) is 53.9 Å². The molecular weight excluding hydrogens is 228 g/mol. The molecule has 1 heterocycles. The molecule has 0 bridgehead atoms. The lowest BCUT2D eigenvalue weighted by molar-refractivity contribution is -0.130. The molecule has 1 atom stereocenters. The number of nitrogens with two attached hydrogens (primary N) is 1. The lowest BCUT2D eigenvalue weighted by Crippen LogP contribution is -2.34. The van der Waals surface area contributed by atoms with Crippen molar-refractivity contribution in [2.24, 2.45) is 5.73 Å². The first kappa shape index (κ1) is 15.4. The fourth-order valence-corrected chi connectivity index (χ4v) is 2.33. The summed E-state index contributed by atoms with van der Waals surface area (Å²) in [6.45, 7) is 4.51. The molecule has 5 nitrogen and oxygen atoms in total. The summed E-state index contributed by atoms with van der Waals surface area (Å²) in [6, 6.07) is 0.648. The Kier molecular flexibility index (Phi) is 6.60. The number of likely N-dealkylation sites (N-methyl/N-ethyl adjacent to an activating group) is 1. The topological polar surface area (TPSA) is 52.8 Å². The number of nitrogens with zero attached hydrogens (tertiary/aromatic N) is 3. The van der Waals surface area contributed by atoms with Gasteiger partial charge in [-0.05, 0) is 40.0 Å². The van der Waals surface area contributed by atoms with Gasteiger partial charge in [-0.3, -0.25) is 4.79 Å². The Morgan fingerprint density at radius 2 is 2.11 bits per heavy atom. The zero-order chi connectivity index (χ0) is 13.5. The van der Waals surface area contributed by atoms with E-state index in [1.807, 2.05) is 7.05 Å². The second kappa shape index (κ2) is 7.71. The molecule has 1 saturated heterocycles. The average Bonchev–Trinajstić information content (AvgIpc) is 2.81. The minimum Gasteiger partial charge on any atom is -0.346 e. The fourth-order valence-electron chi connectivity index (χ4n) is 2.33. The molecule has 5 heteroatoms. The van der Waals surface area contributed by atoms with E-state index < -0.39 is 0 Å². The summed E-state index contributed by atoms with van der Waals surface area (Å²) in [6.07, 6.45) is 2.72. The van der Waals surface area contributed by atoms with Crippen LogP contribution in [0.4, 0.5) is 0 Å². The summed E-state index contributed by atoms with van der Waals surface area (Å²) in [5.74, 6) is 0.233. The number of carbonyl (C=O) groups is 1. The Labute approximate surface area is 111 Å². The molecule has 0 radical (unpaired) electrons. The molecule has 0 aromatic carbocycles. The molecule has 0 saturated carbocycles. The van der Waals surface area contributed by atoms with E-state index in [9.17, 15) is 4.79 Å². The van der Waals surface area contributed by atoms with E-state index in [0.717, 1.165) is 32.6 Å². The van der Waals surface area contributed by atoms with E-state index in [1.165, 1.54) is 6.42 Å². The highest BCUT2D eigenvalue weighted by atomic mass is 16.2. The van der Waals surface area contributed by atoms with E-state index >= 15 is 0 Å². The van der Waals surface area contributed by atoms with Gasteiger partial charge in [0, 0.05) is 39.1 Å². The number of hydrogen-bond donors (Lipinski definition) is 1. The van der Waals surface area contributed by atoms with E-state index in [1.54, 1.807) is 4.90 Å².